The third kappa shape index (κ3) is 1.36. The van der Waals surface area contributed by atoms with Crippen LogP contribution in [-0.2, 0) is 4.79 Å². The molecule has 1 aliphatic carbocycles. The molecule has 2 heterocycles. The molecular weight excluding hydrogens is 206 g/mol. The van der Waals surface area contributed by atoms with Crippen molar-refractivity contribution in [3.8, 4) is 0 Å². The van der Waals surface area contributed by atoms with Crippen molar-refractivity contribution in [2.24, 2.45) is 4.99 Å². The largest absolute Gasteiger partial charge is 0.346 e. The number of rotatable bonds is 1. The van der Waals surface area contributed by atoms with Gasteiger partial charge in [0.05, 0.1) is 17.5 Å². The minimum atomic E-state index is -0.334. The van der Waals surface area contributed by atoms with Gasteiger partial charge in [-0.1, -0.05) is 6.08 Å². The molecule has 0 radical (unpaired) electrons. The van der Waals surface area contributed by atoms with Crippen LogP contribution in [0.4, 0.5) is 4.79 Å². The second-order valence-corrected chi connectivity index (χ2v) is 4.05. The zero-order valence-electron chi connectivity index (χ0n) is 8.64. The lowest BCUT2D eigenvalue weighted by molar-refractivity contribution is -0.128. The summed E-state index contributed by atoms with van der Waals surface area (Å²) in [6.45, 7) is 0.790. The molecular formula is C11H11N3O2. The van der Waals surface area contributed by atoms with E-state index in [9.17, 15) is 9.59 Å². The number of aliphatic imine (C=N–C) groups is 1. The van der Waals surface area contributed by atoms with Crippen molar-refractivity contribution >= 4 is 17.6 Å². The quantitative estimate of drug-likeness (QED) is 0.699. The van der Waals surface area contributed by atoms with E-state index in [2.05, 4.69) is 10.3 Å². The van der Waals surface area contributed by atoms with Crippen molar-refractivity contribution in [2.45, 2.75) is 18.9 Å². The van der Waals surface area contributed by atoms with Crippen molar-refractivity contribution in [3.63, 3.8) is 0 Å². The molecule has 0 saturated carbocycles. The first-order valence-corrected chi connectivity index (χ1v) is 5.33. The van der Waals surface area contributed by atoms with Crippen molar-refractivity contribution in [1.82, 2.24) is 10.2 Å². The number of nitrogens with zero attached hydrogens (tertiary/aromatic N) is 2. The van der Waals surface area contributed by atoms with Gasteiger partial charge in [0.15, 0.2) is 0 Å². The topological polar surface area (TPSA) is 61.8 Å². The number of carbonyl (C=O) groups excluding carboxylic acids is 2. The third-order valence-electron chi connectivity index (χ3n) is 3.00. The maximum Gasteiger partial charge on any atom is 0.346 e. The Kier molecular flexibility index (Phi) is 1.92. The van der Waals surface area contributed by atoms with Crippen LogP contribution in [-0.4, -0.2) is 35.1 Å². The van der Waals surface area contributed by atoms with Gasteiger partial charge in [-0.05, 0) is 18.6 Å². The Morgan fingerprint density at radius 2 is 2.31 bits per heavy atom. The maximum absolute atomic E-state index is 11.6. The highest BCUT2D eigenvalue weighted by atomic mass is 16.2. The van der Waals surface area contributed by atoms with Gasteiger partial charge in [0, 0.05) is 13.0 Å². The summed E-state index contributed by atoms with van der Waals surface area (Å²) in [6.07, 6.45) is 7.13. The number of amides is 3. The van der Waals surface area contributed by atoms with Crippen molar-refractivity contribution in [1.29, 1.82) is 0 Å². The number of hydrogen-bond donors (Lipinski definition) is 1. The van der Waals surface area contributed by atoms with Crippen LogP contribution in [0.25, 0.3) is 0 Å². The van der Waals surface area contributed by atoms with E-state index in [0.29, 0.717) is 12.1 Å². The van der Waals surface area contributed by atoms with Crippen LogP contribution in [0.1, 0.15) is 12.8 Å². The molecule has 0 bridgehead atoms. The molecule has 0 aromatic rings. The number of allylic oxidation sites excluding steroid dienone is 1. The van der Waals surface area contributed by atoms with E-state index in [-0.39, 0.29) is 18.0 Å². The van der Waals surface area contributed by atoms with Crippen LogP contribution in [0.2, 0.25) is 0 Å². The van der Waals surface area contributed by atoms with Gasteiger partial charge in [-0.2, -0.15) is 4.99 Å². The molecule has 3 rings (SSSR count). The Bertz CT molecular complexity index is 462. The molecule has 0 spiro atoms. The van der Waals surface area contributed by atoms with Gasteiger partial charge >= 0.3 is 6.03 Å². The van der Waals surface area contributed by atoms with Gasteiger partial charge in [0.25, 0.3) is 0 Å². The normalized spacial score (nSPS) is 27.8. The number of fused-ring (bicyclic) bond motifs is 1. The number of likely N-dealkylation sites (tertiary alicyclic amines) is 1. The maximum atomic E-state index is 11.6. The number of carbonyl (C=O) groups is 2. The SMILES string of the molecule is O=C1N=C2C=CC(N3CCCC3=O)C=C2N1. The average Bonchev–Trinajstić information content (AvgIpc) is 2.81. The monoisotopic (exact) mass is 217 g/mol. The zero-order chi connectivity index (χ0) is 11.1. The fourth-order valence-electron chi connectivity index (χ4n) is 2.23. The molecule has 1 unspecified atom stereocenters. The predicted octanol–water partition coefficient (Wildman–Crippen LogP) is 0.595. The fraction of sp³-hybridized carbons (Fsp3) is 0.364. The van der Waals surface area contributed by atoms with Crippen LogP contribution < -0.4 is 5.32 Å². The minimum Gasteiger partial charge on any atom is -0.333 e. The summed E-state index contributed by atoms with van der Waals surface area (Å²) in [5, 5.41) is 2.65. The summed E-state index contributed by atoms with van der Waals surface area (Å²) in [7, 11) is 0. The predicted molar refractivity (Wildman–Crippen MR) is 57.9 cm³/mol. The van der Waals surface area contributed by atoms with Crippen LogP contribution in [0.5, 0.6) is 0 Å². The molecule has 5 heteroatoms. The molecule has 5 nitrogen and oxygen atoms in total. The molecule has 1 saturated heterocycles. The van der Waals surface area contributed by atoms with Gasteiger partial charge in [-0.15, -0.1) is 0 Å². The fourth-order valence-corrected chi connectivity index (χ4v) is 2.23. The van der Waals surface area contributed by atoms with Crippen LogP contribution in [0, 0.1) is 0 Å². The van der Waals surface area contributed by atoms with Gasteiger partial charge in [-0.25, -0.2) is 4.79 Å². The standard InChI is InChI=1S/C11H11N3O2/c15-10-2-1-5-14(10)7-3-4-8-9(6-7)13-11(16)12-8/h3-4,6-7H,1-2,5H2,(H,13,16). The highest BCUT2D eigenvalue weighted by Gasteiger charge is 2.29. The summed E-state index contributed by atoms with van der Waals surface area (Å²) in [4.78, 5) is 28.2. The Morgan fingerprint density at radius 1 is 1.44 bits per heavy atom. The van der Waals surface area contributed by atoms with Gasteiger partial charge < -0.3 is 10.2 Å². The number of urea groups is 1. The zero-order valence-corrected chi connectivity index (χ0v) is 8.64. The molecule has 0 aromatic carbocycles. The Morgan fingerprint density at radius 3 is 3.06 bits per heavy atom. The molecule has 82 valence electrons. The Labute approximate surface area is 92.5 Å². The third-order valence-corrected chi connectivity index (χ3v) is 3.00. The molecule has 16 heavy (non-hydrogen) atoms. The van der Waals surface area contributed by atoms with Crippen molar-refractivity contribution in [2.75, 3.05) is 6.54 Å². The molecule has 0 aromatic heterocycles. The molecule has 2 aliphatic heterocycles. The highest BCUT2D eigenvalue weighted by Crippen LogP contribution is 2.20. The van der Waals surface area contributed by atoms with E-state index in [1.165, 1.54) is 0 Å². The van der Waals surface area contributed by atoms with Gasteiger partial charge in [-0.3, -0.25) is 4.79 Å². The summed E-state index contributed by atoms with van der Waals surface area (Å²) in [5.41, 5.74) is 1.38. The smallest absolute Gasteiger partial charge is 0.333 e. The summed E-state index contributed by atoms with van der Waals surface area (Å²) in [6, 6.07) is -0.373. The highest BCUT2D eigenvalue weighted by molar-refractivity contribution is 6.19. The lowest BCUT2D eigenvalue weighted by Crippen LogP contribution is -2.36. The average molecular weight is 217 g/mol. The lowest BCUT2D eigenvalue weighted by Gasteiger charge is -2.24. The Hall–Kier alpha value is -1.91. The summed E-state index contributed by atoms with van der Waals surface area (Å²) < 4.78 is 0. The van der Waals surface area contributed by atoms with Crippen molar-refractivity contribution in [3.05, 3.63) is 23.9 Å². The van der Waals surface area contributed by atoms with Gasteiger partial charge in [0.2, 0.25) is 5.91 Å². The van der Waals surface area contributed by atoms with Gasteiger partial charge in [0.1, 0.15) is 0 Å². The Balaban J connectivity index is 1.86. The van der Waals surface area contributed by atoms with Crippen LogP contribution in [0.3, 0.4) is 0 Å². The molecule has 1 N–H and O–H groups in total. The first-order chi connectivity index (χ1) is 7.74. The van der Waals surface area contributed by atoms with Crippen molar-refractivity contribution < 1.29 is 9.59 Å². The lowest BCUT2D eigenvalue weighted by atomic mass is 10.1. The summed E-state index contributed by atoms with van der Waals surface area (Å²) >= 11 is 0. The van der Waals surface area contributed by atoms with Crippen LogP contribution >= 0.6 is 0 Å². The molecule has 1 fully saturated rings. The molecule has 3 aliphatic rings. The van der Waals surface area contributed by atoms with E-state index in [4.69, 9.17) is 0 Å². The van der Waals surface area contributed by atoms with E-state index in [1.54, 1.807) is 6.08 Å². The second kappa shape index (κ2) is 3.30. The molecule has 1 atom stereocenters. The second-order valence-electron chi connectivity index (χ2n) is 4.05. The summed E-state index contributed by atoms with van der Waals surface area (Å²) in [5.74, 6) is 0.177. The first-order valence-electron chi connectivity index (χ1n) is 5.33. The van der Waals surface area contributed by atoms with Crippen LogP contribution in [0.15, 0.2) is 28.9 Å². The number of hydrogen-bond acceptors (Lipinski definition) is 2. The minimum absolute atomic E-state index is 0.0395. The van der Waals surface area contributed by atoms with E-state index >= 15 is 0 Å². The van der Waals surface area contributed by atoms with E-state index in [1.807, 2.05) is 17.1 Å². The van der Waals surface area contributed by atoms with E-state index in [0.717, 1.165) is 18.7 Å². The molecule has 3 amide bonds. The number of nitrogens with one attached hydrogen (secondary N) is 1. The first kappa shape index (κ1) is 9.33. The van der Waals surface area contributed by atoms with E-state index < -0.39 is 0 Å².